The van der Waals surface area contributed by atoms with Crippen LogP contribution in [0.15, 0.2) is 24.3 Å². The Hall–Kier alpha value is -0.520. The fourth-order valence-electron chi connectivity index (χ4n) is 3.78. The van der Waals surface area contributed by atoms with Crippen LogP contribution in [0.5, 0.6) is 0 Å². The van der Waals surface area contributed by atoms with Crippen molar-refractivity contribution in [1.82, 2.24) is 0 Å². The van der Waals surface area contributed by atoms with Gasteiger partial charge in [0.25, 0.3) is 0 Å². The molecular formula is C16H28. The van der Waals surface area contributed by atoms with Crippen molar-refractivity contribution in [1.29, 1.82) is 0 Å². The third kappa shape index (κ3) is 2.12. The Morgan fingerprint density at radius 2 is 0.875 bits per heavy atom. The van der Waals surface area contributed by atoms with Gasteiger partial charge < -0.3 is 0 Å². The molecule has 0 spiro atoms. The highest BCUT2D eigenvalue weighted by molar-refractivity contribution is 5.15. The van der Waals surface area contributed by atoms with Crippen molar-refractivity contribution in [3.05, 3.63) is 24.3 Å². The topological polar surface area (TPSA) is 0 Å². The summed E-state index contributed by atoms with van der Waals surface area (Å²) >= 11 is 0. The van der Waals surface area contributed by atoms with Crippen LogP contribution >= 0.6 is 0 Å². The molecule has 1 fully saturated rings. The minimum atomic E-state index is 0.624. The SMILES string of the molecule is C=C(C)C1C(C)C(C)C(C)C(C)C1C(=C)C. The van der Waals surface area contributed by atoms with Crippen LogP contribution in [0.1, 0.15) is 41.5 Å². The van der Waals surface area contributed by atoms with Crippen LogP contribution in [-0.2, 0) is 0 Å². The van der Waals surface area contributed by atoms with Crippen LogP contribution in [0.2, 0.25) is 0 Å². The van der Waals surface area contributed by atoms with Gasteiger partial charge in [0.05, 0.1) is 0 Å². The molecule has 6 atom stereocenters. The third-order valence-electron chi connectivity index (χ3n) is 5.15. The van der Waals surface area contributed by atoms with E-state index in [2.05, 4.69) is 54.7 Å². The lowest BCUT2D eigenvalue weighted by molar-refractivity contribution is 0.0479. The molecule has 0 bridgehead atoms. The van der Waals surface area contributed by atoms with Crippen molar-refractivity contribution in [2.75, 3.05) is 0 Å². The van der Waals surface area contributed by atoms with Gasteiger partial charge in [0.2, 0.25) is 0 Å². The molecule has 0 aromatic heterocycles. The first-order chi connectivity index (χ1) is 7.29. The average Bonchev–Trinajstić information content (AvgIpc) is 2.18. The van der Waals surface area contributed by atoms with Crippen LogP contribution < -0.4 is 0 Å². The molecule has 0 N–H and O–H groups in total. The van der Waals surface area contributed by atoms with Crippen LogP contribution in [-0.4, -0.2) is 0 Å². The molecule has 0 aliphatic heterocycles. The maximum atomic E-state index is 4.21. The summed E-state index contributed by atoms with van der Waals surface area (Å²) in [5.74, 6) is 4.27. The summed E-state index contributed by atoms with van der Waals surface area (Å²) < 4.78 is 0. The number of hydrogen-bond acceptors (Lipinski definition) is 0. The highest BCUT2D eigenvalue weighted by atomic mass is 14.5. The first-order valence-corrected chi connectivity index (χ1v) is 6.59. The Labute approximate surface area is 102 Å². The van der Waals surface area contributed by atoms with Gasteiger partial charge in [-0.3, -0.25) is 0 Å². The van der Waals surface area contributed by atoms with E-state index < -0.39 is 0 Å². The van der Waals surface area contributed by atoms with Gasteiger partial charge in [0.15, 0.2) is 0 Å². The Bertz CT molecular complexity index is 256. The summed E-state index contributed by atoms with van der Waals surface area (Å²) in [5.41, 5.74) is 2.68. The van der Waals surface area contributed by atoms with E-state index in [1.165, 1.54) is 11.1 Å². The van der Waals surface area contributed by atoms with Gasteiger partial charge in [-0.1, -0.05) is 52.0 Å². The molecule has 0 heteroatoms. The molecule has 0 heterocycles. The molecule has 16 heavy (non-hydrogen) atoms. The summed E-state index contributed by atoms with van der Waals surface area (Å²) in [4.78, 5) is 0. The summed E-state index contributed by atoms with van der Waals surface area (Å²) in [7, 11) is 0. The summed E-state index contributed by atoms with van der Waals surface area (Å²) in [6.07, 6.45) is 0. The maximum absolute atomic E-state index is 4.21. The monoisotopic (exact) mass is 220 g/mol. The highest BCUT2D eigenvalue weighted by Gasteiger charge is 2.43. The predicted molar refractivity (Wildman–Crippen MR) is 73.3 cm³/mol. The zero-order valence-electron chi connectivity index (χ0n) is 11.9. The molecule has 0 nitrogen and oxygen atoms in total. The number of rotatable bonds is 2. The fraction of sp³-hybridized carbons (Fsp3) is 0.750. The molecule has 1 rings (SSSR count). The Balaban J connectivity index is 3.10. The second-order valence-corrected chi connectivity index (χ2v) is 6.18. The van der Waals surface area contributed by atoms with Crippen molar-refractivity contribution >= 4 is 0 Å². The van der Waals surface area contributed by atoms with Crippen LogP contribution in [0.3, 0.4) is 0 Å². The lowest BCUT2D eigenvalue weighted by Crippen LogP contribution is -2.43. The molecule has 92 valence electrons. The van der Waals surface area contributed by atoms with E-state index >= 15 is 0 Å². The molecule has 0 aromatic rings. The average molecular weight is 220 g/mol. The van der Waals surface area contributed by atoms with E-state index in [4.69, 9.17) is 0 Å². The third-order valence-corrected chi connectivity index (χ3v) is 5.15. The van der Waals surface area contributed by atoms with Crippen LogP contribution in [0.25, 0.3) is 0 Å². The van der Waals surface area contributed by atoms with Gasteiger partial charge in [0.1, 0.15) is 0 Å². The Morgan fingerprint density at radius 1 is 0.625 bits per heavy atom. The minimum absolute atomic E-state index is 0.624. The lowest BCUT2D eigenvalue weighted by Gasteiger charge is -2.49. The maximum Gasteiger partial charge on any atom is -0.0112 e. The highest BCUT2D eigenvalue weighted by Crippen LogP contribution is 2.50. The van der Waals surface area contributed by atoms with E-state index in [0.717, 1.165) is 23.7 Å². The summed E-state index contributed by atoms with van der Waals surface area (Å²) in [6.45, 7) is 22.4. The zero-order valence-corrected chi connectivity index (χ0v) is 11.9. The Morgan fingerprint density at radius 3 is 1.06 bits per heavy atom. The van der Waals surface area contributed by atoms with Crippen molar-refractivity contribution in [2.45, 2.75) is 41.5 Å². The van der Waals surface area contributed by atoms with E-state index in [0.29, 0.717) is 11.8 Å². The first kappa shape index (κ1) is 13.5. The van der Waals surface area contributed by atoms with Crippen molar-refractivity contribution in [2.24, 2.45) is 35.5 Å². The van der Waals surface area contributed by atoms with Gasteiger partial charge in [-0.2, -0.15) is 0 Å². The fourth-order valence-corrected chi connectivity index (χ4v) is 3.78. The van der Waals surface area contributed by atoms with Crippen molar-refractivity contribution < 1.29 is 0 Å². The van der Waals surface area contributed by atoms with E-state index in [1.54, 1.807) is 0 Å². The quantitative estimate of drug-likeness (QED) is 0.579. The van der Waals surface area contributed by atoms with Gasteiger partial charge in [0, 0.05) is 0 Å². The lowest BCUT2D eigenvalue weighted by atomic mass is 9.56. The standard InChI is InChI=1S/C16H28/c1-9(2)15-13(7)11(5)12(6)14(8)16(15)10(3)4/h11-16H,1,3H2,2,4-8H3. The zero-order chi connectivity index (χ0) is 12.6. The molecule has 0 saturated heterocycles. The molecule has 0 amide bonds. The molecule has 0 radical (unpaired) electrons. The van der Waals surface area contributed by atoms with Gasteiger partial charge in [-0.15, -0.1) is 0 Å². The van der Waals surface area contributed by atoms with Crippen LogP contribution in [0, 0.1) is 35.5 Å². The molecule has 6 unspecified atom stereocenters. The van der Waals surface area contributed by atoms with E-state index in [9.17, 15) is 0 Å². The van der Waals surface area contributed by atoms with Gasteiger partial charge in [-0.05, 0) is 49.4 Å². The molecular weight excluding hydrogens is 192 g/mol. The largest absolute Gasteiger partial charge is 0.0998 e. The molecule has 1 saturated carbocycles. The normalized spacial score (nSPS) is 44.1. The van der Waals surface area contributed by atoms with E-state index in [-0.39, 0.29) is 0 Å². The number of allylic oxidation sites excluding steroid dienone is 2. The molecule has 1 aliphatic rings. The summed E-state index contributed by atoms with van der Waals surface area (Å²) in [5, 5.41) is 0. The Kier molecular flexibility index (Phi) is 4.04. The molecule has 1 aliphatic carbocycles. The van der Waals surface area contributed by atoms with E-state index in [1.807, 2.05) is 0 Å². The number of hydrogen-bond donors (Lipinski definition) is 0. The summed E-state index contributed by atoms with van der Waals surface area (Å²) in [6, 6.07) is 0. The molecule has 0 aromatic carbocycles. The second-order valence-electron chi connectivity index (χ2n) is 6.18. The van der Waals surface area contributed by atoms with Crippen LogP contribution in [0.4, 0.5) is 0 Å². The smallest absolute Gasteiger partial charge is 0.0112 e. The van der Waals surface area contributed by atoms with Crippen molar-refractivity contribution in [3.8, 4) is 0 Å². The van der Waals surface area contributed by atoms with Crippen molar-refractivity contribution in [3.63, 3.8) is 0 Å². The minimum Gasteiger partial charge on any atom is -0.0998 e. The second kappa shape index (κ2) is 4.77. The van der Waals surface area contributed by atoms with Gasteiger partial charge in [-0.25, -0.2) is 0 Å². The first-order valence-electron chi connectivity index (χ1n) is 6.59. The van der Waals surface area contributed by atoms with Gasteiger partial charge >= 0.3 is 0 Å². The predicted octanol–water partition coefficient (Wildman–Crippen LogP) is 4.93.